The van der Waals surface area contributed by atoms with Crippen molar-refractivity contribution in [3.05, 3.63) is 57.0 Å². The number of carbonyl (C=O) groups excluding carboxylic acids is 1. The molecule has 0 aliphatic carbocycles. The molecule has 3 N–H and O–H groups in total. The van der Waals surface area contributed by atoms with Crippen LogP contribution in [0.4, 0.5) is 5.69 Å². The third-order valence-electron chi connectivity index (χ3n) is 3.28. The van der Waals surface area contributed by atoms with Crippen molar-refractivity contribution in [3.8, 4) is 5.75 Å². The number of aromatic hydroxyl groups is 1. The van der Waals surface area contributed by atoms with Crippen molar-refractivity contribution in [1.82, 2.24) is 5.43 Å². The van der Waals surface area contributed by atoms with E-state index < -0.39 is 6.04 Å². The Morgan fingerprint density at radius 1 is 1.21 bits per heavy atom. The molecule has 0 radical (unpaired) electrons. The van der Waals surface area contributed by atoms with Crippen molar-refractivity contribution in [3.63, 3.8) is 0 Å². The summed E-state index contributed by atoms with van der Waals surface area (Å²) in [7, 11) is 0. The number of hydrogen-bond acceptors (Lipinski definition) is 4. The average molecular weight is 455 g/mol. The van der Waals surface area contributed by atoms with Gasteiger partial charge in [0, 0.05) is 20.2 Å². The second-order valence-corrected chi connectivity index (χ2v) is 6.88. The highest BCUT2D eigenvalue weighted by molar-refractivity contribution is 9.10. The Morgan fingerprint density at radius 3 is 2.54 bits per heavy atom. The largest absolute Gasteiger partial charge is 0.507 e. The Bertz CT molecular complexity index is 733. The van der Waals surface area contributed by atoms with Crippen LogP contribution in [0.5, 0.6) is 5.75 Å². The van der Waals surface area contributed by atoms with E-state index >= 15 is 0 Å². The van der Waals surface area contributed by atoms with Crippen LogP contribution in [0.1, 0.15) is 18.9 Å². The van der Waals surface area contributed by atoms with Crippen LogP contribution in [-0.2, 0) is 4.79 Å². The van der Waals surface area contributed by atoms with Gasteiger partial charge >= 0.3 is 0 Å². The lowest BCUT2D eigenvalue weighted by Gasteiger charge is -2.16. The summed E-state index contributed by atoms with van der Waals surface area (Å²) in [5, 5.41) is 16.8. The van der Waals surface area contributed by atoms with E-state index in [1.54, 1.807) is 18.2 Å². The molecule has 24 heavy (non-hydrogen) atoms. The molecule has 2 aromatic carbocycles. The number of halogens is 2. The highest BCUT2D eigenvalue weighted by atomic mass is 79.9. The topological polar surface area (TPSA) is 73.7 Å². The quantitative estimate of drug-likeness (QED) is 0.451. The van der Waals surface area contributed by atoms with Gasteiger partial charge in [-0.1, -0.05) is 38.8 Å². The summed E-state index contributed by atoms with van der Waals surface area (Å²) in [4.78, 5) is 12.2. The first kappa shape index (κ1) is 18.5. The summed E-state index contributed by atoms with van der Waals surface area (Å²) < 4.78 is 1.79. The lowest BCUT2D eigenvalue weighted by molar-refractivity contribution is -0.121. The maximum absolute atomic E-state index is 12.2. The SMILES string of the molecule is CCC(Nc1ccc(Br)cc1)C(=O)N/N=C/c1cc(Br)ccc1O. The number of hydrazone groups is 1. The third kappa shape index (κ3) is 5.35. The van der Waals surface area contributed by atoms with E-state index in [4.69, 9.17) is 0 Å². The van der Waals surface area contributed by atoms with Gasteiger partial charge in [0.15, 0.2) is 0 Å². The van der Waals surface area contributed by atoms with E-state index in [0.29, 0.717) is 12.0 Å². The number of rotatable bonds is 6. The molecule has 0 heterocycles. The Balaban J connectivity index is 1.97. The molecule has 1 unspecified atom stereocenters. The molecule has 0 saturated heterocycles. The normalized spacial score (nSPS) is 12.1. The fourth-order valence-electron chi connectivity index (χ4n) is 1.97. The first-order valence-electron chi connectivity index (χ1n) is 7.33. The predicted molar refractivity (Wildman–Crippen MR) is 103 cm³/mol. The molecule has 0 fully saturated rings. The average Bonchev–Trinajstić information content (AvgIpc) is 2.57. The van der Waals surface area contributed by atoms with Crippen LogP contribution >= 0.6 is 31.9 Å². The van der Waals surface area contributed by atoms with E-state index in [1.807, 2.05) is 31.2 Å². The molecule has 2 rings (SSSR count). The summed E-state index contributed by atoms with van der Waals surface area (Å²) in [5.74, 6) is -0.151. The number of nitrogens with one attached hydrogen (secondary N) is 2. The monoisotopic (exact) mass is 453 g/mol. The number of hydrogen-bond donors (Lipinski definition) is 3. The summed E-state index contributed by atoms with van der Waals surface area (Å²) >= 11 is 6.70. The Morgan fingerprint density at radius 2 is 1.88 bits per heavy atom. The van der Waals surface area contributed by atoms with Gasteiger partial charge in [0.25, 0.3) is 5.91 Å². The highest BCUT2D eigenvalue weighted by Crippen LogP contribution is 2.20. The Labute approximate surface area is 157 Å². The van der Waals surface area contributed by atoms with Crippen LogP contribution in [0.3, 0.4) is 0 Å². The van der Waals surface area contributed by atoms with E-state index in [0.717, 1.165) is 14.6 Å². The molecule has 1 atom stereocenters. The van der Waals surface area contributed by atoms with Gasteiger partial charge in [-0.2, -0.15) is 5.10 Å². The van der Waals surface area contributed by atoms with Crippen molar-refractivity contribution in [2.45, 2.75) is 19.4 Å². The minimum absolute atomic E-state index is 0.0937. The number of phenolic OH excluding ortho intramolecular Hbond substituents is 1. The van der Waals surface area contributed by atoms with Gasteiger partial charge < -0.3 is 10.4 Å². The summed E-state index contributed by atoms with van der Waals surface area (Å²) in [6.45, 7) is 1.92. The molecule has 7 heteroatoms. The highest BCUT2D eigenvalue weighted by Gasteiger charge is 2.15. The van der Waals surface area contributed by atoms with E-state index in [1.165, 1.54) is 6.21 Å². The maximum atomic E-state index is 12.2. The van der Waals surface area contributed by atoms with Crippen molar-refractivity contribution in [1.29, 1.82) is 0 Å². The molecular weight excluding hydrogens is 438 g/mol. The van der Waals surface area contributed by atoms with Crippen molar-refractivity contribution < 1.29 is 9.90 Å². The van der Waals surface area contributed by atoms with Gasteiger partial charge in [0.2, 0.25) is 0 Å². The van der Waals surface area contributed by atoms with Crippen molar-refractivity contribution >= 4 is 49.7 Å². The van der Waals surface area contributed by atoms with Gasteiger partial charge in [0.05, 0.1) is 6.21 Å². The lowest BCUT2D eigenvalue weighted by atomic mass is 10.2. The van der Waals surface area contributed by atoms with Gasteiger partial charge in [-0.05, 0) is 48.9 Å². The molecule has 0 aliphatic heterocycles. The van der Waals surface area contributed by atoms with Crippen LogP contribution in [0.15, 0.2) is 56.5 Å². The van der Waals surface area contributed by atoms with E-state index in [2.05, 4.69) is 47.7 Å². The number of carbonyl (C=O) groups is 1. The zero-order valence-electron chi connectivity index (χ0n) is 13.0. The first-order chi connectivity index (χ1) is 11.5. The van der Waals surface area contributed by atoms with Crippen LogP contribution in [0, 0.1) is 0 Å². The van der Waals surface area contributed by atoms with Gasteiger partial charge in [-0.3, -0.25) is 4.79 Å². The van der Waals surface area contributed by atoms with Crippen LogP contribution < -0.4 is 10.7 Å². The molecule has 126 valence electrons. The molecule has 0 saturated carbocycles. The molecule has 0 aromatic heterocycles. The van der Waals surface area contributed by atoms with Gasteiger partial charge in [0.1, 0.15) is 11.8 Å². The van der Waals surface area contributed by atoms with E-state index in [-0.39, 0.29) is 11.7 Å². The predicted octanol–water partition coefficient (Wildman–Crippen LogP) is 4.26. The second-order valence-electron chi connectivity index (χ2n) is 5.05. The maximum Gasteiger partial charge on any atom is 0.262 e. The number of amides is 1. The second kappa shape index (κ2) is 8.84. The standard InChI is InChI=1S/C17H17Br2N3O2/c1-2-15(21-14-6-3-12(18)4-7-14)17(24)22-20-10-11-9-13(19)5-8-16(11)23/h3-10,15,21,23H,2H2,1H3,(H,22,24)/b20-10+. The fraction of sp³-hybridized carbons (Fsp3) is 0.176. The number of nitrogens with zero attached hydrogens (tertiary/aromatic N) is 1. The zero-order chi connectivity index (χ0) is 17.5. The van der Waals surface area contributed by atoms with Crippen LogP contribution in [-0.4, -0.2) is 23.3 Å². The molecule has 5 nitrogen and oxygen atoms in total. The van der Waals surface area contributed by atoms with Crippen LogP contribution in [0.2, 0.25) is 0 Å². The molecule has 0 spiro atoms. The Kier molecular flexibility index (Phi) is 6.81. The summed E-state index contributed by atoms with van der Waals surface area (Å²) in [6.07, 6.45) is 2.02. The van der Waals surface area contributed by atoms with Crippen molar-refractivity contribution in [2.75, 3.05) is 5.32 Å². The minimum atomic E-state index is -0.403. The molecule has 0 bridgehead atoms. The van der Waals surface area contributed by atoms with Gasteiger partial charge in [-0.15, -0.1) is 0 Å². The molecule has 2 aromatic rings. The summed E-state index contributed by atoms with van der Waals surface area (Å²) in [6, 6.07) is 12.2. The molecule has 0 aliphatic rings. The summed E-state index contributed by atoms with van der Waals surface area (Å²) in [5.41, 5.74) is 3.86. The van der Waals surface area contributed by atoms with Crippen LogP contribution in [0.25, 0.3) is 0 Å². The fourth-order valence-corrected chi connectivity index (χ4v) is 2.62. The molecule has 1 amide bonds. The van der Waals surface area contributed by atoms with Crippen molar-refractivity contribution in [2.24, 2.45) is 5.10 Å². The Hall–Kier alpha value is -1.86. The van der Waals surface area contributed by atoms with Gasteiger partial charge in [-0.25, -0.2) is 5.43 Å². The minimum Gasteiger partial charge on any atom is -0.507 e. The molecular formula is C17H17Br2N3O2. The third-order valence-corrected chi connectivity index (χ3v) is 4.30. The lowest BCUT2D eigenvalue weighted by Crippen LogP contribution is -2.36. The first-order valence-corrected chi connectivity index (χ1v) is 8.91. The number of anilines is 1. The smallest absolute Gasteiger partial charge is 0.262 e. The number of benzene rings is 2. The zero-order valence-corrected chi connectivity index (χ0v) is 16.1. The van der Waals surface area contributed by atoms with E-state index in [9.17, 15) is 9.90 Å². The number of phenols is 1.